The van der Waals surface area contributed by atoms with Gasteiger partial charge in [-0.15, -0.1) is 22.7 Å². The van der Waals surface area contributed by atoms with E-state index in [-0.39, 0.29) is 0 Å². The smallest absolute Gasteiger partial charge is 0.133 e. The van der Waals surface area contributed by atoms with Gasteiger partial charge in [0.15, 0.2) is 0 Å². The number of aromatic nitrogens is 1. The summed E-state index contributed by atoms with van der Waals surface area (Å²) < 4.78 is 1.10. The second-order valence-electron chi connectivity index (χ2n) is 3.00. The summed E-state index contributed by atoms with van der Waals surface area (Å²) in [5.41, 5.74) is 0.964. The quantitative estimate of drug-likeness (QED) is 0.810. The number of nitrogens with zero attached hydrogens (tertiary/aromatic N) is 1. The van der Waals surface area contributed by atoms with Crippen molar-refractivity contribution in [3.63, 3.8) is 0 Å². The number of aryl methyl sites for hydroxylation is 1. The largest absolute Gasteiger partial charge is 0.303 e. The van der Waals surface area contributed by atoms with Gasteiger partial charge in [0.05, 0.1) is 14.4 Å². The van der Waals surface area contributed by atoms with Gasteiger partial charge in [-0.25, -0.2) is 4.98 Å². The van der Waals surface area contributed by atoms with Gasteiger partial charge in [0.25, 0.3) is 0 Å². The minimum atomic E-state index is 0.468. The summed E-state index contributed by atoms with van der Waals surface area (Å²) >= 11 is 6.68. The molecule has 0 saturated carbocycles. The van der Waals surface area contributed by atoms with Gasteiger partial charge in [-0.2, -0.15) is 0 Å². The predicted molar refractivity (Wildman–Crippen MR) is 67.6 cm³/mol. The fraction of sp³-hybridized carbons (Fsp3) is 0.200. The SMILES string of the molecule is Cc1nc(-c2ccc(Br)s2)sc1CC=O. The van der Waals surface area contributed by atoms with E-state index in [0.717, 1.165) is 30.5 Å². The lowest BCUT2D eigenvalue weighted by molar-refractivity contribution is -0.107. The highest BCUT2D eigenvalue weighted by atomic mass is 79.9. The monoisotopic (exact) mass is 301 g/mol. The molecule has 0 atom stereocenters. The first-order chi connectivity index (χ1) is 7.20. The molecule has 0 spiro atoms. The summed E-state index contributed by atoms with van der Waals surface area (Å²) in [6.45, 7) is 1.95. The Kier molecular flexibility index (Phi) is 3.33. The van der Waals surface area contributed by atoms with E-state index in [2.05, 4.69) is 20.9 Å². The first-order valence-electron chi connectivity index (χ1n) is 4.36. The van der Waals surface area contributed by atoms with Gasteiger partial charge in [-0.05, 0) is 35.0 Å². The molecule has 2 nitrogen and oxygen atoms in total. The lowest BCUT2D eigenvalue weighted by atomic mass is 10.3. The van der Waals surface area contributed by atoms with Gasteiger partial charge in [0.1, 0.15) is 11.3 Å². The molecule has 0 bridgehead atoms. The molecule has 0 N–H and O–H groups in total. The number of hydrogen-bond donors (Lipinski definition) is 0. The molecule has 2 aromatic heterocycles. The lowest BCUT2D eigenvalue weighted by Gasteiger charge is -1.85. The summed E-state index contributed by atoms with van der Waals surface area (Å²) in [4.78, 5) is 17.1. The third-order valence-corrected chi connectivity index (χ3v) is 4.92. The third kappa shape index (κ3) is 2.35. The van der Waals surface area contributed by atoms with Gasteiger partial charge in [-0.1, -0.05) is 0 Å². The van der Waals surface area contributed by atoms with Crippen LogP contribution in [0.3, 0.4) is 0 Å². The van der Waals surface area contributed by atoms with Crippen molar-refractivity contribution in [1.29, 1.82) is 0 Å². The van der Waals surface area contributed by atoms with Crippen LogP contribution in [0, 0.1) is 6.92 Å². The van der Waals surface area contributed by atoms with E-state index < -0.39 is 0 Å². The Morgan fingerprint density at radius 3 is 2.87 bits per heavy atom. The first-order valence-corrected chi connectivity index (χ1v) is 6.79. The topological polar surface area (TPSA) is 30.0 Å². The molecule has 0 fully saturated rings. The molecule has 0 amide bonds. The van der Waals surface area contributed by atoms with Crippen LogP contribution in [0.4, 0.5) is 0 Å². The summed E-state index contributed by atoms with van der Waals surface area (Å²) in [6.07, 6.45) is 1.39. The van der Waals surface area contributed by atoms with Crippen molar-refractivity contribution in [2.45, 2.75) is 13.3 Å². The van der Waals surface area contributed by atoms with Crippen LogP contribution in [-0.2, 0) is 11.2 Å². The molecule has 5 heteroatoms. The van der Waals surface area contributed by atoms with Gasteiger partial charge >= 0.3 is 0 Å². The van der Waals surface area contributed by atoms with Crippen LogP contribution in [-0.4, -0.2) is 11.3 Å². The summed E-state index contributed by atoms with van der Waals surface area (Å²) in [6, 6.07) is 4.05. The van der Waals surface area contributed by atoms with Gasteiger partial charge in [-0.3, -0.25) is 0 Å². The fourth-order valence-corrected chi connectivity index (χ4v) is 3.68. The number of thiazole rings is 1. The minimum absolute atomic E-state index is 0.468. The van der Waals surface area contributed by atoms with Crippen molar-refractivity contribution >= 4 is 44.9 Å². The molecule has 15 heavy (non-hydrogen) atoms. The molecule has 0 aliphatic rings. The number of halogens is 1. The average molecular weight is 302 g/mol. The van der Waals surface area contributed by atoms with Crippen molar-refractivity contribution in [2.75, 3.05) is 0 Å². The Bertz CT molecular complexity index is 489. The molecule has 0 aliphatic carbocycles. The Morgan fingerprint density at radius 2 is 2.27 bits per heavy atom. The zero-order valence-corrected chi connectivity index (χ0v) is 11.2. The van der Waals surface area contributed by atoms with Crippen LogP contribution < -0.4 is 0 Å². The maximum atomic E-state index is 10.5. The number of aldehydes is 1. The highest BCUT2D eigenvalue weighted by molar-refractivity contribution is 9.11. The minimum Gasteiger partial charge on any atom is -0.303 e. The molecule has 2 heterocycles. The van der Waals surface area contributed by atoms with Crippen molar-refractivity contribution < 1.29 is 4.79 Å². The molecule has 0 radical (unpaired) electrons. The van der Waals surface area contributed by atoms with E-state index in [1.54, 1.807) is 22.7 Å². The number of hydrogen-bond acceptors (Lipinski definition) is 4. The van der Waals surface area contributed by atoms with Crippen molar-refractivity contribution in [3.05, 3.63) is 26.5 Å². The van der Waals surface area contributed by atoms with Crippen LogP contribution in [0.25, 0.3) is 9.88 Å². The zero-order valence-electron chi connectivity index (χ0n) is 7.99. The van der Waals surface area contributed by atoms with Crippen LogP contribution in [0.2, 0.25) is 0 Å². The molecule has 0 aliphatic heterocycles. The fourth-order valence-electron chi connectivity index (χ4n) is 1.23. The van der Waals surface area contributed by atoms with Crippen LogP contribution in [0.5, 0.6) is 0 Å². The number of carbonyl (C=O) groups is 1. The molecule has 78 valence electrons. The number of thiophene rings is 1. The van der Waals surface area contributed by atoms with Gasteiger partial charge < -0.3 is 4.79 Å². The Morgan fingerprint density at radius 1 is 1.47 bits per heavy atom. The highest BCUT2D eigenvalue weighted by Gasteiger charge is 2.10. The van der Waals surface area contributed by atoms with Crippen LogP contribution in [0.15, 0.2) is 15.9 Å². The third-order valence-electron chi connectivity index (χ3n) is 1.95. The van der Waals surface area contributed by atoms with Gasteiger partial charge in [0.2, 0.25) is 0 Å². The number of carbonyl (C=O) groups excluding carboxylic acids is 1. The molecule has 0 aromatic carbocycles. The Hall–Kier alpha value is -0.520. The Balaban J connectivity index is 2.37. The second-order valence-corrected chi connectivity index (χ2v) is 6.55. The zero-order chi connectivity index (χ0) is 10.8. The second kappa shape index (κ2) is 4.55. The van der Waals surface area contributed by atoms with Crippen LogP contribution in [0.1, 0.15) is 10.6 Å². The van der Waals surface area contributed by atoms with Crippen LogP contribution >= 0.6 is 38.6 Å². The summed E-state index contributed by atoms with van der Waals surface area (Å²) in [7, 11) is 0. The van der Waals surface area contributed by atoms with Crippen molar-refractivity contribution in [1.82, 2.24) is 4.98 Å². The van der Waals surface area contributed by atoms with Gasteiger partial charge in [0, 0.05) is 11.3 Å². The molecule has 0 unspecified atom stereocenters. The maximum Gasteiger partial charge on any atom is 0.133 e. The molecule has 0 saturated heterocycles. The van der Waals surface area contributed by atoms with E-state index >= 15 is 0 Å². The maximum absolute atomic E-state index is 10.5. The Labute approximate surface area is 104 Å². The molecule has 2 rings (SSSR count). The number of rotatable bonds is 3. The van der Waals surface area contributed by atoms with Crippen molar-refractivity contribution in [3.8, 4) is 9.88 Å². The van der Waals surface area contributed by atoms with Crippen molar-refractivity contribution in [2.24, 2.45) is 0 Å². The molecular formula is C10H8BrNOS2. The summed E-state index contributed by atoms with van der Waals surface area (Å²) in [5, 5.41) is 1.00. The normalized spacial score (nSPS) is 10.5. The van der Waals surface area contributed by atoms with E-state index in [1.807, 2.05) is 19.1 Å². The summed E-state index contributed by atoms with van der Waals surface area (Å²) in [5.74, 6) is 0. The lowest BCUT2D eigenvalue weighted by Crippen LogP contribution is -1.83. The predicted octanol–water partition coefficient (Wildman–Crippen LogP) is 3.68. The van der Waals surface area contributed by atoms with E-state index in [1.165, 1.54) is 0 Å². The first kappa shape index (κ1) is 11.0. The standard InChI is InChI=1S/C10H8BrNOS2/c1-6-7(4-5-13)15-10(12-6)8-2-3-9(11)14-8/h2-3,5H,4H2,1H3. The van der Waals surface area contributed by atoms with E-state index in [4.69, 9.17) is 0 Å². The average Bonchev–Trinajstić information content (AvgIpc) is 2.75. The highest BCUT2D eigenvalue weighted by Crippen LogP contribution is 2.34. The molecule has 2 aromatic rings. The van der Waals surface area contributed by atoms with E-state index in [0.29, 0.717) is 6.42 Å². The molecular weight excluding hydrogens is 294 g/mol. The van der Waals surface area contributed by atoms with E-state index in [9.17, 15) is 4.79 Å².